The zero-order valence-corrected chi connectivity index (χ0v) is 11.7. The van der Waals surface area contributed by atoms with Gasteiger partial charge in [-0.2, -0.15) is 0 Å². The number of thioether (sulfide) groups is 1. The third-order valence-corrected chi connectivity index (χ3v) is 4.18. The summed E-state index contributed by atoms with van der Waals surface area (Å²) in [6.07, 6.45) is 0.890. The highest BCUT2D eigenvalue weighted by molar-refractivity contribution is 7.99. The summed E-state index contributed by atoms with van der Waals surface area (Å²) in [7, 11) is 0. The van der Waals surface area contributed by atoms with Gasteiger partial charge in [0, 0.05) is 16.7 Å². The molecule has 1 nitrogen and oxygen atoms in total. The first-order chi connectivity index (χ1) is 7.50. The molecule has 0 saturated heterocycles. The van der Waals surface area contributed by atoms with Crippen LogP contribution in [0.1, 0.15) is 26.3 Å². The fourth-order valence-electron chi connectivity index (χ4n) is 1.47. The lowest BCUT2D eigenvalue weighted by Crippen LogP contribution is -2.18. The van der Waals surface area contributed by atoms with Gasteiger partial charge in [-0.05, 0) is 30.9 Å². The highest BCUT2D eigenvalue weighted by Crippen LogP contribution is 2.32. The zero-order chi connectivity index (χ0) is 12.1. The van der Waals surface area contributed by atoms with Crippen molar-refractivity contribution in [2.24, 2.45) is 11.7 Å². The van der Waals surface area contributed by atoms with Crippen LogP contribution in [0.25, 0.3) is 0 Å². The van der Waals surface area contributed by atoms with Crippen molar-refractivity contribution in [1.29, 1.82) is 0 Å². The van der Waals surface area contributed by atoms with E-state index in [0.29, 0.717) is 5.92 Å². The molecule has 0 aliphatic rings. The van der Waals surface area contributed by atoms with Crippen LogP contribution in [0.5, 0.6) is 0 Å². The molecule has 0 bridgehead atoms. The van der Waals surface area contributed by atoms with Crippen molar-refractivity contribution >= 4 is 23.4 Å². The number of hydrogen-bond donors (Lipinski definition) is 1. The third kappa shape index (κ3) is 4.36. The molecule has 0 aliphatic carbocycles. The second-order valence-electron chi connectivity index (χ2n) is 4.61. The Hall–Kier alpha value is -0.180. The first-order valence-electron chi connectivity index (χ1n) is 5.66. The fourth-order valence-corrected chi connectivity index (χ4v) is 2.87. The highest BCUT2D eigenvalue weighted by atomic mass is 35.5. The van der Waals surface area contributed by atoms with Crippen LogP contribution < -0.4 is 5.73 Å². The van der Waals surface area contributed by atoms with E-state index in [1.807, 2.05) is 30.8 Å². The van der Waals surface area contributed by atoms with Crippen LogP contribution in [0.15, 0.2) is 23.1 Å². The molecular formula is C13H20ClNS. The average Bonchev–Trinajstić information content (AvgIpc) is 2.15. The van der Waals surface area contributed by atoms with Crippen molar-refractivity contribution in [3.8, 4) is 0 Å². The second kappa shape index (κ2) is 6.53. The van der Waals surface area contributed by atoms with Crippen molar-refractivity contribution in [2.75, 3.05) is 5.75 Å². The molecule has 3 heteroatoms. The largest absolute Gasteiger partial charge is 0.328 e. The normalized spacial score (nSPS) is 13.1. The van der Waals surface area contributed by atoms with Gasteiger partial charge in [-0.1, -0.05) is 37.6 Å². The summed E-state index contributed by atoms with van der Waals surface area (Å²) in [5.74, 6) is 1.76. The molecule has 90 valence electrons. The molecular weight excluding hydrogens is 238 g/mol. The predicted octanol–water partition coefficient (Wildman–Crippen LogP) is 3.98. The minimum atomic E-state index is 0.178. The molecule has 1 unspecified atom stereocenters. The van der Waals surface area contributed by atoms with Gasteiger partial charge < -0.3 is 5.73 Å². The summed E-state index contributed by atoms with van der Waals surface area (Å²) in [6, 6.07) is 6.25. The summed E-state index contributed by atoms with van der Waals surface area (Å²) in [5, 5.41) is 0.851. The maximum absolute atomic E-state index is 6.23. The Kier molecular flexibility index (Phi) is 5.67. The van der Waals surface area contributed by atoms with Crippen molar-refractivity contribution in [1.82, 2.24) is 0 Å². The van der Waals surface area contributed by atoms with Gasteiger partial charge in [-0.3, -0.25) is 0 Å². The Balaban J connectivity index is 2.85. The van der Waals surface area contributed by atoms with Crippen molar-refractivity contribution in [2.45, 2.75) is 38.1 Å². The van der Waals surface area contributed by atoms with Gasteiger partial charge in [-0.25, -0.2) is 0 Å². The molecule has 1 aromatic carbocycles. The maximum Gasteiger partial charge on any atom is 0.0544 e. The lowest BCUT2D eigenvalue weighted by molar-refractivity contribution is 0.727. The Morgan fingerprint density at radius 1 is 1.31 bits per heavy atom. The van der Waals surface area contributed by atoms with E-state index in [2.05, 4.69) is 19.9 Å². The highest BCUT2D eigenvalue weighted by Gasteiger charge is 2.09. The first-order valence-corrected chi connectivity index (χ1v) is 7.02. The minimum absolute atomic E-state index is 0.178. The van der Waals surface area contributed by atoms with E-state index in [-0.39, 0.29) is 6.04 Å². The van der Waals surface area contributed by atoms with Crippen molar-refractivity contribution in [3.63, 3.8) is 0 Å². The molecule has 0 fully saturated rings. The summed E-state index contributed by atoms with van der Waals surface area (Å²) >= 11 is 8.07. The number of nitrogens with two attached hydrogens (primary N) is 1. The van der Waals surface area contributed by atoms with E-state index in [1.165, 1.54) is 10.5 Å². The number of rotatable bonds is 5. The third-order valence-electron chi connectivity index (χ3n) is 2.15. The summed E-state index contributed by atoms with van der Waals surface area (Å²) in [6.45, 7) is 6.46. The monoisotopic (exact) mass is 257 g/mol. The van der Waals surface area contributed by atoms with E-state index < -0.39 is 0 Å². The molecule has 0 radical (unpaired) electrons. The molecule has 1 atom stereocenters. The molecule has 0 aromatic heterocycles. The Bertz CT molecular complexity index is 337. The van der Waals surface area contributed by atoms with Crippen LogP contribution in [-0.2, 0) is 6.42 Å². The van der Waals surface area contributed by atoms with Gasteiger partial charge >= 0.3 is 0 Å². The second-order valence-corrected chi connectivity index (χ2v) is 6.05. The molecule has 0 amide bonds. The molecule has 2 N–H and O–H groups in total. The van der Waals surface area contributed by atoms with Gasteiger partial charge in [-0.15, -0.1) is 11.8 Å². The number of benzene rings is 1. The summed E-state index contributed by atoms with van der Waals surface area (Å²) in [5.41, 5.74) is 7.12. The van der Waals surface area contributed by atoms with Crippen LogP contribution >= 0.6 is 23.4 Å². The predicted molar refractivity (Wildman–Crippen MR) is 74.4 cm³/mol. The Morgan fingerprint density at radius 2 is 2.00 bits per heavy atom. The number of hydrogen-bond acceptors (Lipinski definition) is 2. The first kappa shape index (κ1) is 13.9. The van der Waals surface area contributed by atoms with E-state index in [9.17, 15) is 0 Å². The van der Waals surface area contributed by atoms with Gasteiger partial charge in [0.25, 0.3) is 0 Å². The van der Waals surface area contributed by atoms with Crippen molar-refractivity contribution in [3.05, 3.63) is 28.8 Å². The molecule has 16 heavy (non-hydrogen) atoms. The van der Waals surface area contributed by atoms with E-state index in [4.69, 9.17) is 17.3 Å². The molecule has 1 rings (SSSR count). The van der Waals surface area contributed by atoms with Crippen LogP contribution in [-0.4, -0.2) is 11.8 Å². The molecule has 0 aliphatic heterocycles. The van der Waals surface area contributed by atoms with Crippen LogP contribution in [0.4, 0.5) is 0 Å². The van der Waals surface area contributed by atoms with Gasteiger partial charge in [0.05, 0.1) is 5.02 Å². The summed E-state index contributed by atoms with van der Waals surface area (Å²) < 4.78 is 0. The Labute approximate surface area is 108 Å². The average molecular weight is 258 g/mol. The molecule has 0 spiro atoms. The van der Waals surface area contributed by atoms with E-state index in [1.54, 1.807) is 0 Å². The van der Waals surface area contributed by atoms with Gasteiger partial charge in [0.2, 0.25) is 0 Å². The quantitative estimate of drug-likeness (QED) is 0.808. The maximum atomic E-state index is 6.23. The SMILES string of the molecule is CC(C)CSc1c(Cl)cccc1CC(C)N. The zero-order valence-electron chi connectivity index (χ0n) is 10.2. The summed E-state index contributed by atoms with van der Waals surface area (Å²) in [4.78, 5) is 1.20. The van der Waals surface area contributed by atoms with Gasteiger partial charge in [0.15, 0.2) is 0 Å². The smallest absolute Gasteiger partial charge is 0.0544 e. The molecule has 1 aromatic rings. The van der Waals surface area contributed by atoms with Crippen LogP contribution in [0.3, 0.4) is 0 Å². The number of halogens is 1. The minimum Gasteiger partial charge on any atom is -0.328 e. The Morgan fingerprint density at radius 3 is 2.56 bits per heavy atom. The molecule has 0 heterocycles. The standard InChI is InChI=1S/C13H20ClNS/c1-9(2)8-16-13-11(7-10(3)15)5-4-6-12(13)14/h4-6,9-10H,7-8,15H2,1-3H3. The van der Waals surface area contributed by atoms with E-state index in [0.717, 1.165) is 17.2 Å². The fraction of sp³-hybridized carbons (Fsp3) is 0.538. The van der Waals surface area contributed by atoms with Crippen molar-refractivity contribution < 1.29 is 0 Å². The van der Waals surface area contributed by atoms with Crippen LogP contribution in [0.2, 0.25) is 5.02 Å². The molecule has 0 saturated carbocycles. The van der Waals surface area contributed by atoms with E-state index >= 15 is 0 Å². The lowest BCUT2D eigenvalue weighted by Gasteiger charge is -2.13. The van der Waals surface area contributed by atoms with Crippen LogP contribution in [0, 0.1) is 5.92 Å². The lowest BCUT2D eigenvalue weighted by atomic mass is 10.1. The van der Waals surface area contributed by atoms with Gasteiger partial charge in [0.1, 0.15) is 0 Å². The topological polar surface area (TPSA) is 26.0 Å².